The first kappa shape index (κ1) is 22.1. The molecular formula is C22H22F4O4S2. The lowest BCUT2D eigenvalue weighted by atomic mass is 9.54. The Kier molecular flexibility index (Phi) is 4.62. The standard InChI is InChI=1S/C22H22F4O4S2/c23-20-9-14-7-15(10-20)12-21(11-14,13-20)31(27,28)19(32(29,30)22(24,25)26)18-6-5-16-3-1-2-4-17(16)8-18/h1-5,8,14-15H,6-7,9-13H2/b19-18+. The van der Waals surface area contributed by atoms with E-state index < -0.39 is 51.8 Å². The van der Waals surface area contributed by atoms with Gasteiger partial charge in [0.2, 0.25) is 0 Å². The van der Waals surface area contributed by atoms with Crippen LogP contribution < -0.4 is 10.4 Å². The van der Waals surface area contributed by atoms with Crippen LogP contribution in [-0.4, -0.2) is 32.8 Å². The van der Waals surface area contributed by atoms with Crippen LogP contribution >= 0.6 is 0 Å². The smallest absolute Gasteiger partial charge is 0.244 e. The Morgan fingerprint density at radius 2 is 1.53 bits per heavy atom. The third-order valence-corrected chi connectivity index (χ3v) is 12.5. The number of benzene rings is 1. The molecule has 174 valence electrons. The number of allylic oxidation sites excluding steroid dienone is 1. The average molecular weight is 491 g/mol. The summed E-state index contributed by atoms with van der Waals surface area (Å²) in [6.45, 7) is 0. The van der Waals surface area contributed by atoms with Crippen LogP contribution in [-0.2, 0) is 19.7 Å². The summed E-state index contributed by atoms with van der Waals surface area (Å²) in [4.78, 5) is 0. The SMILES string of the molecule is O=S(=O)(/C(=C1/C=c2ccccc2=CC1)S(=O)(=O)C12CC3CC(CC(F)(C3)C1)C2)C(F)(F)F. The molecule has 0 saturated heterocycles. The van der Waals surface area contributed by atoms with Crippen molar-refractivity contribution in [1.29, 1.82) is 0 Å². The Bertz CT molecular complexity index is 1340. The summed E-state index contributed by atoms with van der Waals surface area (Å²) in [5.74, 6) is -0.531. The van der Waals surface area contributed by atoms with E-state index >= 15 is 4.39 Å². The molecule has 4 nitrogen and oxygen atoms in total. The first-order valence-electron chi connectivity index (χ1n) is 10.5. The zero-order chi connectivity index (χ0) is 23.2. The topological polar surface area (TPSA) is 68.3 Å². The monoisotopic (exact) mass is 490 g/mol. The lowest BCUT2D eigenvalue weighted by Crippen LogP contribution is -2.61. The van der Waals surface area contributed by atoms with Gasteiger partial charge in [-0.05, 0) is 72.4 Å². The predicted molar refractivity (Wildman–Crippen MR) is 111 cm³/mol. The molecule has 0 heterocycles. The highest BCUT2D eigenvalue weighted by molar-refractivity contribution is 8.15. The Labute approximate surface area is 183 Å². The van der Waals surface area contributed by atoms with Gasteiger partial charge in [-0.25, -0.2) is 21.2 Å². The number of halogens is 4. The summed E-state index contributed by atoms with van der Waals surface area (Å²) in [5, 5.41) is 1.11. The molecular weight excluding hydrogens is 468 g/mol. The van der Waals surface area contributed by atoms with E-state index in [0.717, 1.165) is 0 Å². The Hall–Kier alpha value is -1.68. The Morgan fingerprint density at radius 1 is 0.938 bits per heavy atom. The van der Waals surface area contributed by atoms with Crippen molar-refractivity contribution in [1.82, 2.24) is 0 Å². The molecule has 0 aliphatic heterocycles. The summed E-state index contributed by atoms with van der Waals surface area (Å²) in [7, 11) is -11.2. The van der Waals surface area contributed by atoms with E-state index in [2.05, 4.69) is 0 Å². The normalized spacial score (nSPS) is 35.6. The molecule has 32 heavy (non-hydrogen) atoms. The van der Waals surface area contributed by atoms with Gasteiger partial charge in [0.05, 0.1) is 4.75 Å². The minimum absolute atomic E-state index is 0.00195. The van der Waals surface area contributed by atoms with E-state index in [-0.39, 0.29) is 43.9 Å². The maximum atomic E-state index is 15.4. The molecule has 2 unspecified atom stereocenters. The van der Waals surface area contributed by atoms with E-state index in [0.29, 0.717) is 16.9 Å². The Balaban J connectivity index is 1.77. The van der Waals surface area contributed by atoms with Gasteiger partial charge in [0.25, 0.3) is 9.84 Å². The molecule has 1 aromatic carbocycles. The maximum Gasteiger partial charge on any atom is 0.502 e. The lowest BCUT2D eigenvalue weighted by molar-refractivity contribution is -0.0620. The van der Waals surface area contributed by atoms with E-state index in [1.807, 2.05) is 0 Å². The van der Waals surface area contributed by atoms with E-state index in [4.69, 9.17) is 0 Å². The fourth-order valence-corrected chi connectivity index (χ4v) is 11.5. The van der Waals surface area contributed by atoms with E-state index in [1.54, 1.807) is 24.3 Å². The number of alkyl halides is 4. The zero-order valence-corrected chi connectivity index (χ0v) is 18.7. The third kappa shape index (κ3) is 3.12. The molecule has 6 rings (SSSR count). The molecule has 0 amide bonds. The number of hydrogen-bond acceptors (Lipinski definition) is 4. The van der Waals surface area contributed by atoms with Crippen LogP contribution in [0, 0.1) is 11.8 Å². The molecule has 4 bridgehead atoms. The molecule has 5 aliphatic rings. The summed E-state index contributed by atoms with van der Waals surface area (Å²) >= 11 is 0. The van der Waals surface area contributed by atoms with Crippen LogP contribution in [0.1, 0.15) is 44.9 Å². The third-order valence-electron chi connectivity index (χ3n) is 7.43. The first-order chi connectivity index (χ1) is 14.8. The van der Waals surface area contributed by atoms with Crippen molar-refractivity contribution in [3.8, 4) is 0 Å². The number of sulfone groups is 2. The van der Waals surface area contributed by atoms with Gasteiger partial charge in [0.1, 0.15) is 5.67 Å². The minimum atomic E-state index is -6.19. The molecule has 5 aliphatic carbocycles. The van der Waals surface area contributed by atoms with Crippen LogP contribution in [0.25, 0.3) is 12.2 Å². The molecule has 10 heteroatoms. The molecule has 4 saturated carbocycles. The van der Waals surface area contributed by atoms with Crippen molar-refractivity contribution < 1.29 is 34.4 Å². The first-order valence-corrected chi connectivity index (χ1v) is 13.5. The summed E-state index contributed by atoms with van der Waals surface area (Å²) in [5.41, 5.74) is -7.98. The lowest BCUT2D eigenvalue weighted by Gasteiger charge is -2.58. The van der Waals surface area contributed by atoms with Crippen LogP contribution in [0.15, 0.2) is 34.1 Å². The van der Waals surface area contributed by atoms with Crippen molar-refractivity contribution in [2.75, 3.05) is 0 Å². The van der Waals surface area contributed by atoms with Crippen LogP contribution in [0.2, 0.25) is 0 Å². The second-order valence-corrected chi connectivity index (χ2v) is 14.2. The van der Waals surface area contributed by atoms with Gasteiger partial charge in [-0.3, -0.25) is 0 Å². The largest absolute Gasteiger partial charge is 0.502 e. The Morgan fingerprint density at radius 3 is 2.09 bits per heavy atom. The van der Waals surface area contributed by atoms with Gasteiger partial charge in [-0.2, -0.15) is 13.2 Å². The van der Waals surface area contributed by atoms with Gasteiger partial charge >= 0.3 is 5.51 Å². The van der Waals surface area contributed by atoms with Crippen LogP contribution in [0.3, 0.4) is 0 Å². The highest BCUT2D eigenvalue weighted by atomic mass is 32.3. The van der Waals surface area contributed by atoms with Crippen molar-refractivity contribution in [2.24, 2.45) is 11.8 Å². The van der Waals surface area contributed by atoms with Crippen LogP contribution in [0.5, 0.6) is 0 Å². The summed E-state index contributed by atoms with van der Waals surface area (Å²) in [6.07, 6.45) is 3.01. The molecule has 2 atom stereocenters. The van der Waals surface area contributed by atoms with Crippen molar-refractivity contribution in [3.63, 3.8) is 0 Å². The molecule has 0 N–H and O–H groups in total. The summed E-state index contributed by atoms with van der Waals surface area (Å²) in [6, 6.07) is 6.64. The predicted octanol–water partition coefficient (Wildman–Crippen LogP) is 3.27. The fourth-order valence-electron chi connectivity index (χ4n) is 6.61. The summed E-state index contributed by atoms with van der Waals surface area (Å²) < 4.78 is 106. The zero-order valence-electron chi connectivity index (χ0n) is 17.0. The molecule has 0 aromatic heterocycles. The van der Waals surface area contributed by atoms with Gasteiger partial charge < -0.3 is 0 Å². The average Bonchev–Trinajstić information content (AvgIpc) is 2.64. The number of rotatable bonds is 3. The van der Waals surface area contributed by atoms with Crippen molar-refractivity contribution in [3.05, 3.63) is 44.5 Å². The highest BCUT2D eigenvalue weighted by Crippen LogP contribution is 2.63. The van der Waals surface area contributed by atoms with Gasteiger partial charge in [0.15, 0.2) is 14.1 Å². The van der Waals surface area contributed by atoms with E-state index in [9.17, 15) is 30.0 Å². The maximum absolute atomic E-state index is 15.4. The molecule has 0 spiro atoms. The number of fused-ring (bicyclic) bond motifs is 1. The van der Waals surface area contributed by atoms with Crippen molar-refractivity contribution in [2.45, 2.75) is 60.9 Å². The second-order valence-electron chi connectivity index (χ2n) is 9.74. The van der Waals surface area contributed by atoms with Crippen molar-refractivity contribution >= 4 is 31.8 Å². The molecule has 1 aromatic rings. The fraction of sp³-hybridized carbons (Fsp3) is 0.545. The quantitative estimate of drug-likeness (QED) is 0.610. The number of hydrogen-bond donors (Lipinski definition) is 0. The van der Waals surface area contributed by atoms with E-state index in [1.165, 1.54) is 12.2 Å². The second kappa shape index (κ2) is 6.68. The van der Waals surface area contributed by atoms with Crippen LogP contribution in [0.4, 0.5) is 17.6 Å². The molecule has 0 radical (unpaired) electrons. The minimum Gasteiger partial charge on any atom is -0.244 e. The molecule has 4 fully saturated rings. The van der Waals surface area contributed by atoms with Gasteiger partial charge in [-0.1, -0.05) is 30.3 Å². The highest BCUT2D eigenvalue weighted by Gasteiger charge is 2.66. The van der Waals surface area contributed by atoms with Gasteiger partial charge in [-0.15, -0.1) is 0 Å². The van der Waals surface area contributed by atoms with Gasteiger partial charge in [0, 0.05) is 6.42 Å².